The lowest BCUT2D eigenvalue weighted by atomic mass is 10.0. The summed E-state index contributed by atoms with van der Waals surface area (Å²) in [5.74, 6) is 0.636. The van der Waals surface area contributed by atoms with Gasteiger partial charge < -0.3 is 4.90 Å². The van der Waals surface area contributed by atoms with Crippen LogP contribution in [0, 0.1) is 10.1 Å². The summed E-state index contributed by atoms with van der Waals surface area (Å²) in [7, 11) is 0. The molecule has 3 aromatic rings. The van der Waals surface area contributed by atoms with Crippen molar-refractivity contribution in [2.45, 2.75) is 13.0 Å². The molecule has 1 aromatic carbocycles. The lowest BCUT2D eigenvalue weighted by Crippen LogP contribution is -2.29. The van der Waals surface area contributed by atoms with Gasteiger partial charge in [0.05, 0.1) is 10.6 Å². The van der Waals surface area contributed by atoms with E-state index in [0.29, 0.717) is 12.4 Å². The molecule has 0 aliphatic carbocycles. The number of hydrogen-bond acceptors (Lipinski definition) is 6. The summed E-state index contributed by atoms with van der Waals surface area (Å²) in [4.78, 5) is 26.0. The highest BCUT2D eigenvalue weighted by molar-refractivity contribution is 5.63. The number of nitro benzene ring substituents is 1. The van der Waals surface area contributed by atoms with Gasteiger partial charge in [0.15, 0.2) is 5.82 Å². The SMILES string of the molecule is C=C(c1ccc([N+](=O)[O-])cc1)N1CCc2nc(-c3ccccn3)ncc2C1. The van der Waals surface area contributed by atoms with Gasteiger partial charge >= 0.3 is 0 Å². The maximum Gasteiger partial charge on any atom is 0.269 e. The Balaban J connectivity index is 1.53. The Labute approximate surface area is 156 Å². The molecule has 0 saturated carbocycles. The number of pyridine rings is 1. The number of benzene rings is 1. The lowest BCUT2D eigenvalue weighted by Gasteiger charge is -2.31. The molecule has 0 spiro atoms. The first-order chi connectivity index (χ1) is 13.1. The fourth-order valence-corrected chi connectivity index (χ4v) is 3.12. The van der Waals surface area contributed by atoms with Gasteiger partial charge in [0.2, 0.25) is 0 Å². The van der Waals surface area contributed by atoms with Crippen LogP contribution in [0.1, 0.15) is 16.8 Å². The first-order valence-corrected chi connectivity index (χ1v) is 8.57. The van der Waals surface area contributed by atoms with E-state index in [-0.39, 0.29) is 5.69 Å². The van der Waals surface area contributed by atoms with E-state index in [1.54, 1.807) is 18.3 Å². The highest BCUT2D eigenvalue weighted by atomic mass is 16.6. The van der Waals surface area contributed by atoms with Crippen molar-refractivity contribution in [3.63, 3.8) is 0 Å². The van der Waals surface area contributed by atoms with E-state index in [1.165, 1.54) is 12.1 Å². The number of aromatic nitrogens is 3. The smallest absolute Gasteiger partial charge is 0.269 e. The molecule has 0 unspecified atom stereocenters. The zero-order chi connectivity index (χ0) is 18.8. The summed E-state index contributed by atoms with van der Waals surface area (Å²) in [5, 5.41) is 10.8. The molecule has 2 aromatic heterocycles. The van der Waals surface area contributed by atoms with Crippen LogP contribution in [0.4, 0.5) is 5.69 Å². The van der Waals surface area contributed by atoms with Crippen LogP contribution >= 0.6 is 0 Å². The van der Waals surface area contributed by atoms with Crippen LogP contribution in [0.5, 0.6) is 0 Å². The van der Waals surface area contributed by atoms with Gasteiger partial charge in [-0.15, -0.1) is 0 Å². The van der Waals surface area contributed by atoms with Crippen molar-refractivity contribution < 1.29 is 4.92 Å². The van der Waals surface area contributed by atoms with Gasteiger partial charge in [-0.3, -0.25) is 15.1 Å². The van der Waals surface area contributed by atoms with Crippen molar-refractivity contribution in [1.29, 1.82) is 0 Å². The first-order valence-electron chi connectivity index (χ1n) is 8.57. The number of nitro groups is 1. The van der Waals surface area contributed by atoms with Gasteiger partial charge in [-0.05, 0) is 29.8 Å². The average molecular weight is 359 g/mol. The molecule has 7 nitrogen and oxygen atoms in total. The Hall–Kier alpha value is -3.61. The summed E-state index contributed by atoms with van der Waals surface area (Å²) in [6.45, 7) is 5.61. The van der Waals surface area contributed by atoms with Crippen LogP contribution in [0.25, 0.3) is 17.2 Å². The highest BCUT2D eigenvalue weighted by Crippen LogP contribution is 2.27. The predicted molar refractivity (Wildman–Crippen MR) is 102 cm³/mol. The molecule has 0 fully saturated rings. The van der Waals surface area contributed by atoms with Crippen molar-refractivity contribution in [3.8, 4) is 11.5 Å². The van der Waals surface area contributed by atoms with Crippen LogP contribution < -0.4 is 0 Å². The molecule has 0 amide bonds. The van der Waals surface area contributed by atoms with Crippen LogP contribution in [0.3, 0.4) is 0 Å². The van der Waals surface area contributed by atoms with E-state index in [0.717, 1.165) is 41.2 Å². The summed E-state index contributed by atoms with van der Waals surface area (Å²) >= 11 is 0. The molecule has 0 bridgehead atoms. The molecular weight excluding hydrogens is 342 g/mol. The minimum Gasteiger partial charge on any atom is -0.367 e. The second-order valence-electron chi connectivity index (χ2n) is 6.30. The quantitative estimate of drug-likeness (QED) is 0.524. The highest BCUT2D eigenvalue weighted by Gasteiger charge is 2.21. The first kappa shape index (κ1) is 16.8. The van der Waals surface area contributed by atoms with E-state index in [4.69, 9.17) is 0 Å². The topological polar surface area (TPSA) is 85.0 Å². The lowest BCUT2D eigenvalue weighted by molar-refractivity contribution is -0.384. The number of fused-ring (bicyclic) bond motifs is 1. The Morgan fingerprint density at radius 2 is 1.96 bits per heavy atom. The van der Waals surface area contributed by atoms with Gasteiger partial charge in [0.1, 0.15) is 5.69 Å². The number of rotatable bonds is 4. The molecule has 7 heteroatoms. The molecule has 134 valence electrons. The van der Waals surface area contributed by atoms with E-state index in [9.17, 15) is 10.1 Å². The van der Waals surface area contributed by atoms with E-state index >= 15 is 0 Å². The van der Waals surface area contributed by atoms with Crippen LogP contribution in [0.2, 0.25) is 0 Å². The summed E-state index contributed by atoms with van der Waals surface area (Å²) in [5.41, 5.74) is 4.63. The minimum absolute atomic E-state index is 0.0750. The third-order valence-electron chi connectivity index (χ3n) is 4.62. The normalized spacial score (nSPS) is 13.1. The van der Waals surface area contributed by atoms with Gasteiger partial charge in [-0.2, -0.15) is 0 Å². The van der Waals surface area contributed by atoms with Gasteiger partial charge in [-0.25, -0.2) is 9.97 Å². The number of hydrogen-bond donors (Lipinski definition) is 0. The molecule has 4 rings (SSSR count). The third kappa shape index (κ3) is 3.39. The average Bonchev–Trinajstić information content (AvgIpc) is 2.73. The standard InChI is InChI=1S/C20H17N5O2/c1-14(15-5-7-17(8-6-15)25(26)27)24-11-9-18-16(13-24)12-22-20(23-18)19-4-2-3-10-21-19/h2-8,10,12H,1,9,11,13H2. The largest absolute Gasteiger partial charge is 0.367 e. The van der Waals surface area contributed by atoms with E-state index in [1.807, 2.05) is 24.4 Å². The molecule has 0 radical (unpaired) electrons. The van der Waals surface area contributed by atoms with Crippen LogP contribution in [-0.4, -0.2) is 31.3 Å². The molecule has 1 aliphatic heterocycles. The van der Waals surface area contributed by atoms with Crippen LogP contribution in [0.15, 0.2) is 61.4 Å². The minimum atomic E-state index is -0.403. The zero-order valence-electron chi connectivity index (χ0n) is 14.6. The van der Waals surface area contributed by atoms with Gasteiger partial charge in [0.25, 0.3) is 5.69 Å². The predicted octanol–water partition coefficient (Wildman–Crippen LogP) is 3.48. The Morgan fingerprint density at radius 3 is 2.67 bits per heavy atom. The number of nitrogens with zero attached hydrogens (tertiary/aromatic N) is 5. The van der Waals surface area contributed by atoms with Gasteiger partial charge in [0, 0.05) is 55.3 Å². The molecular formula is C20H17N5O2. The monoisotopic (exact) mass is 359 g/mol. The van der Waals surface area contributed by atoms with Crippen molar-refractivity contribution in [2.75, 3.05) is 6.54 Å². The molecule has 0 atom stereocenters. The molecule has 1 aliphatic rings. The fourth-order valence-electron chi connectivity index (χ4n) is 3.12. The van der Waals surface area contributed by atoms with E-state index in [2.05, 4.69) is 26.4 Å². The van der Waals surface area contributed by atoms with Crippen molar-refractivity contribution in [1.82, 2.24) is 19.9 Å². The van der Waals surface area contributed by atoms with E-state index < -0.39 is 4.92 Å². The Morgan fingerprint density at radius 1 is 1.15 bits per heavy atom. The number of non-ortho nitro benzene ring substituents is 1. The molecule has 0 N–H and O–H groups in total. The maximum absolute atomic E-state index is 10.8. The summed E-state index contributed by atoms with van der Waals surface area (Å²) in [6, 6.07) is 12.1. The summed E-state index contributed by atoms with van der Waals surface area (Å²) < 4.78 is 0. The van der Waals surface area contributed by atoms with Crippen molar-refractivity contribution in [2.24, 2.45) is 0 Å². The third-order valence-corrected chi connectivity index (χ3v) is 4.62. The fraction of sp³-hybridized carbons (Fsp3) is 0.150. The zero-order valence-corrected chi connectivity index (χ0v) is 14.6. The van der Waals surface area contributed by atoms with Crippen molar-refractivity contribution in [3.05, 3.63) is 88.4 Å². The molecule has 27 heavy (non-hydrogen) atoms. The Kier molecular flexibility index (Phi) is 4.33. The second-order valence-corrected chi connectivity index (χ2v) is 6.30. The second kappa shape index (κ2) is 6.95. The summed E-state index contributed by atoms with van der Waals surface area (Å²) in [6.07, 6.45) is 4.36. The Bertz CT molecular complexity index is 1000. The molecule has 0 saturated heterocycles. The van der Waals surface area contributed by atoms with Crippen molar-refractivity contribution >= 4 is 11.4 Å². The van der Waals surface area contributed by atoms with Crippen LogP contribution in [-0.2, 0) is 13.0 Å². The maximum atomic E-state index is 10.8. The molecule has 3 heterocycles. The van der Waals surface area contributed by atoms with Gasteiger partial charge in [-0.1, -0.05) is 12.6 Å².